The number of rotatable bonds is 3. The molecule has 6 nitrogen and oxygen atoms in total. The van der Waals surface area contributed by atoms with Crippen LogP contribution in [0, 0.1) is 11.8 Å². The Morgan fingerprint density at radius 1 is 1.44 bits per heavy atom. The molecule has 0 spiro atoms. The van der Waals surface area contributed by atoms with Crippen molar-refractivity contribution >= 4 is 40.1 Å². The maximum Gasteiger partial charge on any atom is 0.306 e. The zero-order valence-corrected chi connectivity index (χ0v) is 15.1. The van der Waals surface area contributed by atoms with Crippen LogP contribution in [-0.2, 0) is 9.53 Å². The number of hydrogen-bond donors (Lipinski definition) is 2. The van der Waals surface area contributed by atoms with Gasteiger partial charge in [0.2, 0.25) is 5.91 Å². The first-order valence-electron chi connectivity index (χ1n) is 8.42. The number of amides is 1. The fourth-order valence-corrected chi connectivity index (χ4v) is 3.74. The number of halogens is 3. The second-order valence-electron chi connectivity index (χ2n) is 7.06. The molecule has 0 bridgehead atoms. The van der Waals surface area contributed by atoms with Crippen LogP contribution in [0.3, 0.4) is 0 Å². The standard InChI is InChI=1S/C18H17ClF2N4O2/c1-17(18(20,21)8-27-16(22)25-17)12-6-11(12)15(26)24-13-4-2-3-9-5-10(19)7-23-14(9)13/h2-5,7,11-12H,6,8H2,1H3,(H2,22,25)(H,24,26)/t11-,12-,17-/m1/s1. The molecule has 4 rings (SSSR count). The van der Waals surface area contributed by atoms with Gasteiger partial charge in [0.05, 0.1) is 16.2 Å². The average molecular weight is 395 g/mol. The molecule has 9 heteroatoms. The Hall–Kier alpha value is -2.48. The Balaban J connectivity index is 1.55. The molecule has 1 amide bonds. The minimum absolute atomic E-state index is 0.274. The van der Waals surface area contributed by atoms with Crippen molar-refractivity contribution in [2.75, 3.05) is 11.9 Å². The van der Waals surface area contributed by atoms with Crippen molar-refractivity contribution in [1.29, 1.82) is 0 Å². The van der Waals surface area contributed by atoms with Crippen molar-refractivity contribution in [3.63, 3.8) is 0 Å². The summed E-state index contributed by atoms with van der Waals surface area (Å²) in [5.41, 5.74) is 4.82. The normalized spacial score (nSPS) is 29.0. The zero-order chi connectivity index (χ0) is 19.4. The largest absolute Gasteiger partial charge is 0.459 e. The number of nitrogens with two attached hydrogens (primary N) is 1. The Kier molecular flexibility index (Phi) is 3.99. The Labute approximate surface area is 158 Å². The minimum atomic E-state index is -3.20. The number of hydrogen-bond acceptors (Lipinski definition) is 5. The van der Waals surface area contributed by atoms with Gasteiger partial charge in [-0.3, -0.25) is 9.78 Å². The summed E-state index contributed by atoms with van der Waals surface area (Å²) in [4.78, 5) is 20.7. The quantitative estimate of drug-likeness (QED) is 0.836. The molecule has 2 aromatic rings. The van der Waals surface area contributed by atoms with E-state index >= 15 is 0 Å². The molecule has 0 radical (unpaired) electrons. The lowest BCUT2D eigenvalue weighted by Gasteiger charge is -2.37. The van der Waals surface area contributed by atoms with Crippen LogP contribution in [0.15, 0.2) is 35.5 Å². The summed E-state index contributed by atoms with van der Waals surface area (Å²) in [6.07, 6.45) is 1.79. The Bertz CT molecular complexity index is 968. The Morgan fingerprint density at radius 3 is 3.00 bits per heavy atom. The topological polar surface area (TPSA) is 89.6 Å². The van der Waals surface area contributed by atoms with Crippen molar-refractivity contribution in [2.24, 2.45) is 22.6 Å². The minimum Gasteiger partial charge on any atom is -0.459 e. The van der Waals surface area contributed by atoms with Crippen molar-refractivity contribution in [3.8, 4) is 0 Å². The third-order valence-electron chi connectivity index (χ3n) is 5.27. The van der Waals surface area contributed by atoms with E-state index in [1.54, 1.807) is 18.2 Å². The molecule has 1 fully saturated rings. The van der Waals surface area contributed by atoms with E-state index in [9.17, 15) is 13.6 Å². The van der Waals surface area contributed by atoms with Crippen LogP contribution in [0.25, 0.3) is 10.9 Å². The fourth-order valence-electron chi connectivity index (χ4n) is 3.57. The number of aromatic nitrogens is 1. The van der Waals surface area contributed by atoms with Crippen molar-refractivity contribution in [1.82, 2.24) is 4.98 Å². The van der Waals surface area contributed by atoms with E-state index in [1.165, 1.54) is 13.1 Å². The average Bonchev–Trinajstić information content (AvgIpc) is 3.40. The Morgan fingerprint density at radius 2 is 2.22 bits per heavy atom. The lowest BCUT2D eigenvalue weighted by molar-refractivity contribution is -0.127. The second kappa shape index (κ2) is 6.02. The number of para-hydroxylation sites is 1. The number of fused-ring (bicyclic) bond motifs is 1. The maximum absolute atomic E-state index is 14.4. The van der Waals surface area contributed by atoms with Gasteiger partial charge in [0, 0.05) is 23.4 Å². The molecular formula is C18H17ClF2N4O2. The molecule has 27 heavy (non-hydrogen) atoms. The number of nitrogens with zero attached hydrogens (tertiary/aromatic N) is 2. The van der Waals surface area contributed by atoms with E-state index < -0.39 is 29.9 Å². The molecule has 1 aromatic heterocycles. The summed E-state index contributed by atoms with van der Waals surface area (Å²) in [5, 5.41) is 4.05. The van der Waals surface area contributed by atoms with Crippen LogP contribution in [0.2, 0.25) is 5.02 Å². The highest BCUT2D eigenvalue weighted by atomic mass is 35.5. The number of benzene rings is 1. The van der Waals surface area contributed by atoms with E-state index in [1.807, 2.05) is 6.07 Å². The summed E-state index contributed by atoms with van der Waals surface area (Å²) in [5.74, 6) is -4.75. The van der Waals surface area contributed by atoms with Gasteiger partial charge in [-0.25, -0.2) is 13.8 Å². The van der Waals surface area contributed by atoms with Crippen molar-refractivity contribution in [3.05, 3.63) is 35.5 Å². The van der Waals surface area contributed by atoms with Gasteiger partial charge in [0.15, 0.2) is 6.61 Å². The summed E-state index contributed by atoms with van der Waals surface area (Å²) in [6, 6.07) is 6.76. The van der Waals surface area contributed by atoms with Crippen molar-refractivity contribution in [2.45, 2.75) is 24.8 Å². The van der Waals surface area contributed by atoms with E-state index in [0.717, 1.165) is 5.39 Å². The smallest absolute Gasteiger partial charge is 0.306 e. The van der Waals surface area contributed by atoms with Crippen LogP contribution in [0.1, 0.15) is 13.3 Å². The number of amidine groups is 1. The van der Waals surface area contributed by atoms with Gasteiger partial charge in [-0.05, 0) is 25.5 Å². The molecule has 1 aromatic carbocycles. The van der Waals surface area contributed by atoms with Gasteiger partial charge in [-0.15, -0.1) is 0 Å². The van der Waals surface area contributed by atoms with Crippen LogP contribution < -0.4 is 11.1 Å². The number of anilines is 1. The molecule has 1 aliphatic heterocycles. The summed E-state index contributed by atoms with van der Waals surface area (Å²) < 4.78 is 33.4. The molecule has 3 N–H and O–H groups in total. The van der Waals surface area contributed by atoms with Gasteiger partial charge < -0.3 is 15.8 Å². The van der Waals surface area contributed by atoms with Crippen molar-refractivity contribution < 1.29 is 18.3 Å². The predicted octanol–water partition coefficient (Wildman–Crippen LogP) is 3.20. The van der Waals surface area contributed by atoms with Crippen LogP contribution in [0.4, 0.5) is 14.5 Å². The van der Waals surface area contributed by atoms with Crippen LogP contribution >= 0.6 is 11.6 Å². The molecule has 0 unspecified atom stereocenters. The zero-order valence-electron chi connectivity index (χ0n) is 14.4. The summed E-state index contributed by atoms with van der Waals surface area (Å²) in [7, 11) is 0. The van der Waals surface area contributed by atoms with E-state index in [4.69, 9.17) is 17.3 Å². The molecule has 2 aliphatic rings. The number of ether oxygens (including phenoxy) is 1. The molecule has 3 atom stereocenters. The number of alkyl halides is 2. The third kappa shape index (κ3) is 2.97. The highest BCUT2D eigenvalue weighted by molar-refractivity contribution is 6.31. The third-order valence-corrected chi connectivity index (χ3v) is 5.48. The number of pyridine rings is 1. The summed E-state index contributed by atoms with van der Waals surface area (Å²) in [6.45, 7) is 0.486. The summed E-state index contributed by atoms with van der Waals surface area (Å²) >= 11 is 5.94. The van der Waals surface area contributed by atoms with Gasteiger partial charge in [0.1, 0.15) is 5.54 Å². The molecule has 2 heterocycles. The van der Waals surface area contributed by atoms with Gasteiger partial charge in [-0.1, -0.05) is 23.7 Å². The molecule has 1 aliphatic carbocycles. The number of aliphatic imine (C=N–C) groups is 1. The second-order valence-corrected chi connectivity index (χ2v) is 7.50. The van der Waals surface area contributed by atoms with Gasteiger partial charge >= 0.3 is 5.92 Å². The highest BCUT2D eigenvalue weighted by Gasteiger charge is 2.66. The highest BCUT2D eigenvalue weighted by Crippen LogP contribution is 2.55. The molecule has 0 saturated heterocycles. The van der Waals surface area contributed by atoms with Gasteiger partial charge in [-0.2, -0.15) is 0 Å². The van der Waals surface area contributed by atoms with E-state index in [2.05, 4.69) is 20.0 Å². The first-order valence-corrected chi connectivity index (χ1v) is 8.80. The van der Waals surface area contributed by atoms with Crippen LogP contribution in [-0.4, -0.2) is 35.0 Å². The van der Waals surface area contributed by atoms with Gasteiger partial charge in [0.25, 0.3) is 6.02 Å². The molecule has 142 valence electrons. The monoisotopic (exact) mass is 394 g/mol. The van der Waals surface area contributed by atoms with Crippen LogP contribution in [0.5, 0.6) is 0 Å². The lowest BCUT2D eigenvalue weighted by atomic mass is 9.87. The fraction of sp³-hybridized carbons (Fsp3) is 0.389. The number of nitrogens with one attached hydrogen (secondary N) is 1. The van der Waals surface area contributed by atoms with E-state index in [0.29, 0.717) is 22.6 Å². The maximum atomic E-state index is 14.4. The SMILES string of the molecule is C[C@]1([C@@H]2C[C@H]2C(=O)Nc2cccc3cc(Cl)cnc23)N=C(N)OCC1(F)F. The predicted molar refractivity (Wildman–Crippen MR) is 97.9 cm³/mol. The first-order chi connectivity index (χ1) is 12.7. The number of carbonyl (C=O) groups is 1. The van der Waals surface area contributed by atoms with E-state index in [-0.39, 0.29) is 11.9 Å². The first kappa shape index (κ1) is 17.9. The lowest BCUT2D eigenvalue weighted by Crippen LogP contribution is -2.55. The number of carbonyl (C=O) groups excluding carboxylic acids is 1. The molecule has 1 saturated carbocycles. The molecular weight excluding hydrogens is 378 g/mol.